The average Bonchev–Trinajstić information content (AvgIpc) is 2.24. The highest BCUT2D eigenvalue weighted by molar-refractivity contribution is 7.89. The van der Waals surface area contributed by atoms with Crippen LogP contribution in [0.3, 0.4) is 0 Å². The van der Waals surface area contributed by atoms with E-state index in [1.165, 1.54) is 35.9 Å². The van der Waals surface area contributed by atoms with Crippen molar-refractivity contribution >= 4 is 69.7 Å². The summed E-state index contributed by atoms with van der Waals surface area (Å²) in [5.41, 5.74) is -1.29. The molecule has 10 N–H and O–H groups in total. The van der Waals surface area contributed by atoms with E-state index in [1.54, 1.807) is 13.8 Å². The van der Waals surface area contributed by atoms with E-state index < -0.39 is 155 Å². The molecule has 4 amide bonds. The third kappa shape index (κ3) is 29.3. The Morgan fingerprint density at radius 2 is 0.966 bits per heavy atom. The zero-order valence-electron chi connectivity index (χ0n) is 48.1. The largest absolute Gasteiger partial charge is 0.481 e. The standard InChI is InChI=1S/C25H30F5N5O4S.2C10H18F2N2O3S.C5H11NO4S/c26-24(27)10-5-11-34(15-24)22(36)12-16(14-40(31,38)39)32-23(37)20-13-21(35(33-20)17-6-1-2-7-17)18-8-3-4-9-19(18)25(28,29)30;2*1-8(6-18(13,16)17)5-9(15)14-4-2-3-10(11,12)7-14;1-4(2-5(7)8)3-11(6,9)10/h3-4,8-9,13,16-17H,1-2,5-7,10-12,14-15H2,(H,32,37)(H2,31,38,39);2*8H,2-7H2,1H3,(H2,13,16,17);4H,2-3H2,1H3,(H,7,8)(H2,6,9,10)/t16-;2*8-;4-/m0000/s1. The van der Waals surface area contributed by atoms with E-state index in [2.05, 4.69) is 10.4 Å². The molecule has 1 aromatic carbocycles. The van der Waals surface area contributed by atoms with E-state index in [0.717, 1.165) is 33.6 Å². The van der Waals surface area contributed by atoms with Gasteiger partial charge in [0.05, 0.1) is 66.0 Å². The lowest BCUT2D eigenvalue weighted by atomic mass is 10.0. The van der Waals surface area contributed by atoms with Gasteiger partial charge in [-0.3, -0.25) is 28.7 Å². The Balaban J connectivity index is 0.000000349. The first-order valence-corrected chi connectivity index (χ1v) is 34.3. The van der Waals surface area contributed by atoms with E-state index in [1.807, 2.05) is 0 Å². The van der Waals surface area contributed by atoms with Gasteiger partial charge in [0.2, 0.25) is 57.8 Å². The van der Waals surface area contributed by atoms with Gasteiger partial charge in [-0.2, -0.15) is 18.3 Å². The molecule has 4 atom stereocenters. The number of rotatable bonds is 20. The lowest BCUT2D eigenvalue weighted by Crippen LogP contribution is -2.49. The monoisotopic (exact) mass is 1340 g/mol. The minimum Gasteiger partial charge on any atom is -0.481 e. The number of benzene rings is 1. The third-order valence-corrected chi connectivity index (χ3v) is 17.7. The van der Waals surface area contributed by atoms with E-state index >= 15 is 0 Å². The highest BCUT2D eigenvalue weighted by Gasteiger charge is 2.41. The van der Waals surface area contributed by atoms with Gasteiger partial charge in [0, 0.05) is 70.1 Å². The van der Waals surface area contributed by atoms with Crippen molar-refractivity contribution in [1.29, 1.82) is 0 Å². The fraction of sp³-hybridized carbons (Fsp3) is 0.720. The van der Waals surface area contributed by atoms with E-state index in [-0.39, 0.29) is 105 Å². The summed E-state index contributed by atoms with van der Waals surface area (Å²) < 4.78 is 211. The van der Waals surface area contributed by atoms with Gasteiger partial charge < -0.3 is 25.1 Å². The first-order chi connectivity index (χ1) is 39.6. The number of sulfonamides is 4. The van der Waals surface area contributed by atoms with Crippen LogP contribution in [0.1, 0.15) is 133 Å². The number of halogens is 9. The number of aromatic nitrogens is 2. The van der Waals surface area contributed by atoms with Crippen molar-refractivity contribution in [2.75, 3.05) is 62.3 Å². The average molecular weight is 1340 g/mol. The topological polar surface area (TPSA) is 386 Å². The van der Waals surface area contributed by atoms with Crippen molar-refractivity contribution in [2.24, 2.45) is 38.3 Å². The highest BCUT2D eigenvalue weighted by atomic mass is 32.2. The van der Waals surface area contributed by atoms with Gasteiger partial charge >= 0.3 is 12.1 Å². The Kier molecular flexibility index (Phi) is 27.5. The second kappa shape index (κ2) is 31.5. The smallest absolute Gasteiger partial charge is 0.417 e. The number of carboxylic acid groups (broad SMARTS) is 1. The van der Waals surface area contributed by atoms with Gasteiger partial charge in [-0.15, -0.1) is 0 Å². The predicted molar refractivity (Wildman–Crippen MR) is 299 cm³/mol. The van der Waals surface area contributed by atoms with Crippen molar-refractivity contribution in [3.63, 3.8) is 0 Å². The maximum absolute atomic E-state index is 13.8. The van der Waals surface area contributed by atoms with Gasteiger partial charge in [-0.05, 0) is 62.0 Å². The maximum Gasteiger partial charge on any atom is 0.417 e. The molecule has 87 heavy (non-hydrogen) atoms. The van der Waals surface area contributed by atoms with Gasteiger partial charge in [-0.25, -0.2) is 80.6 Å². The van der Waals surface area contributed by atoms with Crippen molar-refractivity contribution in [3.8, 4) is 11.3 Å². The van der Waals surface area contributed by atoms with Gasteiger partial charge in [0.25, 0.3) is 23.7 Å². The number of carbonyl (C=O) groups excluding carboxylic acids is 4. The minimum atomic E-state index is -4.67. The lowest BCUT2D eigenvalue weighted by molar-refractivity contribution is -0.142. The molecule has 24 nitrogen and oxygen atoms in total. The fourth-order valence-electron chi connectivity index (χ4n) is 10.2. The first kappa shape index (κ1) is 76.0. The third-order valence-electron chi connectivity index (χ3n) is 13.7. The number of nitrogens with two attached hydrogens (primary N) is 4. The number of nitrogens with one attached hydrogen (secondary N) is 1. The second-order valence-corrected chi connectivity index (χ2v) is 29.3. The molecule has 498 valence electrons. The van der Waals surface area contributed by atoms with Crippen LogP contribution in [0.5, 0.6) is 0 Å². The van der Waals surface area contributed by atoms with Crippen LogP contribution in [0.4, 0.5) is 39.5 Å². The molecule has 3 saturated heterocycles. The van der Waals surface area contributed by atoms with Crippen molar-refractivity contribution in [2.45, 2.75) is 147 Å². The van der Waals surface area contributed by atoms with Crippen LogP contribution in [0.15, 0.2) is 30.3 Å². The number of carboxylic acids is 1. The Hall–Kier alpha value is -5.21. The SMILES string of the molecule is C[C@@H](CC(=O)N1CCCC(F)(F)C1)CS(N)(=O)=O.C[C@@H](CC(=O)N1CCCC(F)(F)C1)CS(N)(=O)=O.C[C@@H](CC(=O)O)CS(N)(=O)=O.NS(=O)(=O)C[C@H](CC(=O)N1CCCC(F)(F)C1)NC(=O)c1cc(-c2ccccc2C(F)(F)F)n(C2CCCC2)n1. The molecule has 3 aliphatic heterocycles. The Bertz CT molecular complexity index is 3080. The highest BCUT2D eigenvalue weighted by Crippen LogP contribution is 2.40. The molecule has 37 heteroatoms. The predicted octanol–water partition coefficient (Wildman–Crippen LogP) is 4.22. The summed E-state index contributed by atoms with van der Waals surface area (Å²) >= 11 is 0. The first-order valence-electron chi connectivity index (χ1n) is 27.4. The van der Waals surface area contributed by atoms with Crippen LogP contribution in [-0.4, -0.2) is 179 Å². The van der Waals surface area contributed by atoms with E-state index in [4.69, 9.17) is 25.7 Å². The zero-order chi connectivity index (χ0) is 66.3. The molecule has 0 bridgehead atoms. The number of likely N-dealkylation sites (tertiary alicyclic amines) is 3. The number of aliphatic carboxylic acids is 1. The molecule has 4 aliphatic rings. The van der Waals surface area contributed by atoms with E-state index in [0.29, 0.717) is 25.9 Å². The molecule has 1 aromatic heterocycles. The molecule has 1 aliphatic carbocycles. The van der Waals surface area contributed by atoms with Crippen LogP contribution in [0, 0.1) is 17.8 Å². The van der Waals surface area contributed by atoms with Crippen molar-refractivity contribution in [1.82, 2.24) is 29.8 Å². The number of hydrogen-bond donors (Lipinski definition) is 6. The number of carbonyl (C=O) groups is 5. The quantitative estimate of drug-likeness (QED) is 0.101. The zero-order valence-corrected chi connectivity index (χ0v) is 51.3. The summed E-state index contributed by atoms with van der Waals surface area (Å²) in [7, 11) is -15.0. The molecule has 0 radical (unpaired) electrons. The summed E-state index contributed by atoms with van der Waals surface area (Å²) in [5.74, 6) is -15.5. The van der Waals surface area contributed by atoms with Crippen LogP contribution >= 0.6 is 0 Å². The Morgan fingerprint density at radius 1 is 0.598 bits per heavy atom. The summed E-state index contributed by atoms with van der Waals surface area (Å²) in [4.78, 5) is 62.6. The number of amides is 4. The van der Waals surface area contributed by atoms with Gasteiger partial charge in [-0.1, -0.05) is 51.8 Å². The summed E-state index contributed by atoms with van der Waals surface area (Å²) in [6.45, 7) is 3.33. The number of hydrogen-bond acceptors (Lipinski definition) is 14. The Labute approximate surface area is 499 Å². The number of alkyl halides is 9. The fourth-order valence-corrected chi connectivity index (χ4v) is 13.7. The molecule has 4 fully saturated rings. The normalized spacial score (nSPS) is 19.5. The molecule has 0 unspecified atom stereocenters. The van der Waals surface area contributed by atoms with Crippen LogP contribution in [0.25, 0.3) is 11.3 Å². The minimum absolute atomic E-state index is 0.0538. The number of piperidine rings is 3. The van der Waals surface area contributed by atoms with Crippen LogP contribution < -0.4 is 25.9 Å². The number of nitrogens with zero attached hydrogens (tertiary/aromatic N) is 5. The molecule has 6 rings (SSSR count). The molecule has 4 heterocycles. The van der Waals surface area contributed by atoms with Gasteiger partial charge in [0.15, 0.2) is 5.69 Å². The van der Waals surface area contributed by atoms with Crippen LogP contribution in [-0.2, 0) is 65.4 Å². The number of primary sulfonamides is 4. The van der Waals surface area contributed by atoms with E-state index in [9.17, 15) is 97.2 Å². The maximum atomic E-state index is 13.8. The molecular formula is C50H77F9N10O14S4. The Morgan fingerprint density at radius 3 is 1.32 bits per heavy atom. The second-order valence-electron chi connectivity index (χ2n) is 22.7. The molecule has 0 spiro atoms. The van der Waals surface area contributed by atoms with Crippen molar-refractivity contribution in [3.05, 3.63) is 41.6 Å². The summed E-state index contributed by atoms with van der Waals surface area (Å²) in [5, 5.41) is 34.5. The summed E-state index contributed by atoms with van der Waals surface area (Å²) in [6.07, 6.45) is -2.85. The molecular weight excluding hydrogens is 1260 g/mol. The van der Waals surface area contributed by atoms with Gasteiger partial charge in [0.1, 0.15) is 0 Å². The molecule has 2 aromatic rings. The van der Waals surface area contributed by atoms with Crippen LogP contribution in [0.2, 0.25) is 0 Å². The summed E-state index contributed by atoms with van der Waals surface area (Å²) in [6, 6.07) is 4.47. The lowest BCUT2D eigenvalue weighted by Gasteiger charge is -2.33. The molecule has 1 saturated carbocycles. The van der Waals surface area contributed by atoms with Crippen molar-refractivity contribution < 1.29 is 102 Å².